The van der Waals surface area contributed by atoms with E-state index in [1.54, 1.807) is 30.1 Å². The topological polar surface area (TPSA) is 151 Å². The predicted molar refractivity (Wildman–Crippen MR) is 237 cm³/mol. The van der Waals surface area contributed by atoms with Crippen molar-refractivity contribution in [3.63, 3.8) is 0 Å². The highest BCUT2D eigenvalue weighted by molar-refractivity contribution is 6.34. The van der Waals surface area contributed by atoms with Crippen LogP contribution in [0.1, 0.15) is 70.5 Å². The lowest BCUT2D eigenvalue weighted by molar-refractivity contribution is -0.134. The number of benzene rings is 2. The van der Waals surface area contributed by atoms with E-state index in [2.05, 4.69) is 44.0 Å². The van der Waals surface area contributed by atoms with Gasteiger partial charge in [-0.3, -0.25) is 34.4 Å². The number of piperazine rings is 1. The van der Waals surface area contributed by atoms with E-state index in [4.69, 9.17) is 16.7 Å². The number of anilines is 4. The van der Waals surface area contributed by atoms with Crippen LogP contribution in [0.5, 0.6) is 0 Å². The Morgan fingerprint density at radius 2 is 1.74 bits per heavy atom. The Hall–Kier alpha value is -5.46. The molecular formula is C46H51ClF3N11O4. The Bertz CT molecular complexity index is 2620. The van der Waals surface area contributed by atoms with E-state index in [0.29, 0.717) is 93.2 Å². The summed E-state index contributed by atoms with van der Waals surface area (Å²) in [6.07, 6.45) is 5.14. The predicted octanol–water partition coefficient (Wildman–Crippen LogP) is 5.24. The third-order valence-electron chi connectivity index (χ3n) is 15.2. The number of alkyl halides is 3. The van der Waals surface area contributed by atoms with Crippen LogP contribution in [0.15, 0.2) is 48.7 Å². The molecule has 3 N–H and O–H groups in total. The van der Waals surface area contributed by atoms with Gasteiger partial charge in [-0.25, -0.2) is 27.5 Å². The summed E-state index contributed by atoms with van der Waals surface area (Å²) in [4.78, 5) is 64.3. The maximum Gasteiger partial charge on any atom is 0.328 e. The summed E-state index contributed by atoms with van der Waals surface area (Å²) < 4.78 is 47.4. The van der Waals surface area contributed by atoms with Crippen LogP contribution in [-0.2, 0) is 16.6 Å². The standard InChI is InChI=1S/C46H51ClF3N11O4/c1-51-34-19-39(55-61-37(23-52-41(34)61)42(63)53-33-18-32(33)48)59-11-7-29-30(3-2-4-35(29)59)45-20-27(21-45)28(22-45)24-56-10-8-38(46(49,50)25-56)57-13-15-58(16-14-57)43(64)26-5-6-31(47)36(17-26)60-12-9-40(62)54-44(60)65/h2-6,17,19,23,27-28,32-33,38,51H,7-16,18,20-22,24-25H2,1H3,(H,53,63)(H,54,62,65)/t27?,28?,32-,33+,38-,45?/m0/s1. The molecule has 4 atom stereocenters. The summed E-state index contributed by atoms with van der Waals surface area (Å²) >= 11 is 6.40. The first kappa shape index (κ1) is 42.2. The molecule has 0 spiro atoms. The van der Waals surface area contributed by atoms with Gasteiger partial charge >= 0.3 is 6.03 Å². The Morgan fingerprint density at radius 3 is 2.48 bits per heavy atom. The number of halogens is 4. The van der Waals surface area contributed by atoms with Crippen LogP contribution < -0.4 is 25.8 Å². The summed E-state index contributed by atoms with van der Waals surface area (Å²) in [7, 11) is 1.80. The van der Waals surface area contributed by atoms with E-state index in [0.717, 1.165) is 37.1 Å². The molecule has 5 amide bonds. The normalized spacial score (nSPS) is 28.6. The number of nitrogens with zero attached hydrogens (tertiary/aromatic N) is 8. The maximum absolute atomic E-state index is 16.1. The minimum Gasteiger partial charge on any atom is -0.385 e. The number of piperidine rings is 1. The van der Waals surface area contributed by atoms with Crippen molar-refractivity contribution in [1.82, 2.24) is 39.9 Å². The van der Waals surface area contributed by atoms with Crippen molar-refractivity contribution in [2.75, 3.05) is 81.1 Å². The molecule has 8 aliphatic rings. The first-order valence-corrected chi connectivity index (χ1v) is 23.1. The molecule has 15 nitrogen and oxygen atoms in total. The van der Waals surface area contributed by atoms with Crippen molar-refractivity contribution in [1.29, 1.82) is 0 Å². The van der Waals surface area contributed by atoms with Gasteiger partial charge in [0.25, 0.3) is 17.7 Å². The largest absolute Gasteiger partial charge is 0.385 e. The highest BCUT2D eigenvalue weighted by Crippen LogP contribution is 2.64. The lowest BCUT2D eigenvalue weighted by atomic mass is 9.64. The number of urea groups is 1. The van der Waals surface area contributed by atoms with E-state index >= 15 is 8.78 Å². The van der Waals surface area contributed by atoms with Gasteiger partial charge in [0.2, 0.25) is 5.91 Å². The van der Waals surface area contributed by atoms with Gasteiger partial charge in [-0.1, -0.05) is 23.7 Å². The van der Waals surface area contributed by atoms with E-state index < -0.39 is 36.1 Å². The van der Waals surface area contributed by atoms with Gasteiger partial charge in [0.15, 0.2) is 17.2 Å². The number of nitrogens with one attached hydrogen (secondary N) is 3. The Morgan fingerprint density at radius 1 is 0.954 bits per heavy atom. The second-order valence-corrected chi connectivity index (χ2v) is 19.5. The fraction of sp³-hybridized carbons (Fsp3) is 0.522. The molecule has 342 valence electrons. The third-order valence-corrected chi connectivity index (χ3v) is 15.5. The number of hydrogen-bond acceptors (Lipinski definition) is 10. The van der Waals surface area contributed by atoms with Gasteiger partial charge in [0.05, 0.1) is 41.2 Å². The van der Waals surface area contributed by atoms with Gasteiger partial charge in [-0.2, -0.15) is 0 Å². The summed E-state index contributed by atoms with van der Waals surface area (Å²) in [6, 6.07) is 11.1. The zero-order valence-corrected chi connectivity index (χ0v) is 36.8. The number of rotatable bonds is 10. The van der Waals surface area contributed by atoms with Crippen molar-refractivity contribution in [3.05, 3.63) is 76.1 Å². The molecule has 1 unspecified atom stereocenters. The van der Waals surface area contributed by atoms with Gasteiger partial charge in [-0.15, -0.1) is 5.10 Å². The number of carbonyl (C=O) groups is 4. The number of fused-ring (bicyclic) bond motifs is 3. The fourth-order valence-electron chi connectivity index (χ4n) is 11.8. The van der Waals surface area contributed by atoms with Crippen LogP contribution in [0.2, 0.25) is 5.02 Å². The second kappa shape index (κ2) is 15.9. The maximum atomic E-state index is 16.1. The highest BCUT2D eigenvalue weighted by atomic mass is 35.5. The molecule has 4 aliphatic heterocycles. The van der Waals surface area contributed by atoms with Crippen molar-refractivity contribution >= 4 is 63.9 Å². The van der Waals surface area contributed by atoms with Crippen molar-refractivity contribution in [3.8, 4) is 0 Å². The number of likely N-dealkylation sites (tertiary alicyclic amines) is 1. The molecule has 19 heteroatoms. The van der Waals surface area contributed by atoms with Crippen molar-refractivity contribution < 1.29 is 32.3 Å². The van der Waals surface area contributed by atoms with Gasteiger partial charge < -0.3 is 20.4 Å². The zero-order chi connectivity index (χ0) is 44.9. The quantitative estimate of drug-likeness (QED) is 0.193. The van der Waals surface area contributed by atoms with Gasteiger partial charge in [0.1, 0.15) is 6.17 Å². The number of amides is 5. The van der Waals surface area contributed by atoms with E-state index in [1.807, 2.05) is 15.9 Å². The molecule has 6 heterocycles. The van der Waals surface area contributed by atoms with Crippen LogP contribution >= 0.6 is 11.6 Å². The van der Waals surface area contributed by atoms with E-state index in [1.165, 1.54) is 26.7 Å². The minimum atomic E-state index is -2.91. The number of carbonyl (C=O) groups excluding carboxylic acids is 4. The van der Waals surface area contributed by atoms with E-state index in [-0.39, 0.29) is 47.5 Å². The number of imidazole rings is 1. The average molecular weight is 914 g/mol. The molecule has 65 heavy (non-hydrogen) atoms. The molecule has 4 aliphatic carbocycles. The third kappa shape index (κ3) is 7.35. The fourth-order valence-corrected chi connectivity index (χ4v) is 12.0. The molecule has 4 aromatic rings. The summed E-state index contributed by atoms with van der Waals surface area (Å²) in [6.45, 7) is 3.09. The molecule has 0 radical (unpaired) electrons. The van der Waals surface area contributed by atoms with Crippen LogP contribution in [0.4, 0.5) is 40.8 Å². The summed E-state index contributed by atoms with van der Waals surface area (Å²) in [5.74, 6) is -2.45. The highest BCUT2D eigenvalue weighted by Gasteiger charge is 2.58. The lowest BCUT2D eigenvalue weighted by Gasteiger charge is -2.47. The van der Waals surface area contributed by atoms with Gasteiger partial charge in [-0.05, 0) is 84.7 Å². The molecular weight excluding hydrogens is 863 g/mol. The summed E-state index contributed by atoms with van der Waals surface area (Å²) in [5, 5.41) is 13.4. The number of hydrogen-bond donors (Lipinski definition) is 3. The molecule has 3 saturated heterocycles. The zero-order valence-electron chi connectivity index (χ0n) is 36.0. The van der Waals surface area contributed by atoms with Crippen LogP contribution in [0, 0.1) is 11.8 Å². The number of imide groups is 1. The molecule has 2 aromatic heterocycles. The van der Waals surface area contributed by atoms with Crippen LogP contribution in [-0.4, -0.2) is 143 Å². The average Bonchev–Trinajstić information content (AvgIpc) is 3.72. The molecule has 12 rings (SSSR count). The van der Waals surface area contributed by atoms with E-state index in [9.17, 15) is 23.6 Å². The van der Waals surface area contributed by atoms with Crippen molar-refractivity contribution in [2.24, 2.45) is 11.8 Å². The van der Waals surface area contributed by atoms with Gasteiger partial charge in [0, 0.05) is 89.6 Å². The number of aromatic nitrogens is 3. The molecule has 4 saturated carbocycles. The molecule has 2 bridgehead atoms. The Kier molecular flexibility index (Phi) is 10.3. The monoisotopic (exact) mass is 913 g/mol. The van der Waals surface area contributed by atoms with Crippen LogP contribution in [0.3, 0.4) is 0 Å². The smallest absolute Gasteiger partial charge is 0.328 e. The summed E-state index contributed by atoms with van der Waals surface area (Å²) in [5.41, 5.74) is 5.89. The van der Waals surface area contributed by atoms with Crippen molar-refractivity contribution in [2.45, 2.75) is 74.5 Å². The molecule has 2 aromatic carbocycles. The lowest BCUT2D eigenvalue weighted by Crippen LogP contribution is -2.62. The Balaban J connectivity index is 0.715. The van der Waals surface area contributed by atoms with Crippen LogP contribution in [0.25, 0.3) is 5.65 Å². The molecule has 7 fully saturated rings. The SMILES string of the molecule is CNc1cc(N2CCc3c2cccc3C23CC(CN4CC[C@H](N5CCN(C(=O)c6ccc(Cl)c(N7CCC(=O)NC7=O)c6)CC5)C(F)(F)C4)C(C2)C3)nn2c(C(=O)N[C@@H]3C[C@@H]3F)cnc12. The first-order valence-electron chi connectivity index (χ1n) is 22.7. The Labute approximate surface area is 378 Å². The first-order chi connectivity index (χ1) is 31.3. The second-order valence-electron chi connectivity index (χ2n) is 19.0. The minimum absolute atomic E-state index is 0.0189.